The molecule has 2 heterocycles. The van der Waals surface area contributed by atoms with Gasteiger partial charge in [0, 0.05) is 39.5 Å². The third-order valence-corrected chi connectivity index (χ3v) is 12.5. The van der Waals surface area contributed by atoms with Gasteiger partial charge in [-0.25, -0.2) is 0 Å². The van der Waals surface area contributed by atoms with Crippen molar-refractivity contribution in [2.45, 2.75) is 137 Å². The van der Waals surface area contributed by atoms with Gasteiger partial charge in [-0.05, 0) is 118 Å². The van der Waals surface area contributed by atoms with Crippen LogP contribution in [0.1, 0.15) is 136 Å². The van der Waals surface area contributed by atoms with Crippen LogP contribution in [0, 0.1) is 6.92 Å². The van der Waals surface area contributed by atoms with Crippen molar-refractivity contribution in [2.75, 3.05) is 9.80 Å². The van der Waals surface area contributed by atoms with Gasteiger partial charge < -0.3 is 14.2 Å². The fourth-order valence-electron chi connectivity index (χ4n) is 8.78. The second kappa shape index (κ2) is 14.3. The number of anilines is 5. The lowest BCUT2D eigenvalue weighted by Gasteiger charge is -2.41. The highest BCUT2D eigenvalue weighted by Gasteiger charge is 2.46. The Balaban J connectivity index is 1.50. The molecule has 0 aliphatic carbocycles. The maximum Gasteiger partial charge on any atom is 0.136 e. The minimum Gasteiger partial charge on any atom is -0.462 e. The normalized spacial score (nSPS) is 17.4. The highest BCUT2D eigenvalue weighted by atomic mass is 16.3. The molecule has 1 aromatic heterocycles. The quantitative estimate of drug-likeness (QED) is 0.155. The lowest BCUT2D eigenvalue weighted by molar-refractivity contribution is 0.374. The molecule has 0 radical (unpaired) electrons. The third-order valence-electron chi connectivity index (χ3n) is 12.5. The molecule has 7 rings (SSSR count). The average Bonchev–Trinajstić information content (AvgIpc) is 3.65. The van der Waals surface area contributed by atoms with E-state index < -0.39 is 0 Å². The highest BCUT2D eigenvalue weighted by molar-refractivity contribution is 6.00. The van der Waals surface area contributed by atoms with Crippen LogP contribution in [0.3, 0.4) is 0 Å². The fraction of sp³-hybridized carbons (Fsp3) is 0.396. The van der Waals surface area contributed by atoms with Crippen molar-refractivity contribution in [1.82, 2.24) is 0 Å². The number of nitrogens with zero attached hydrogens (tertiary/aromatic N) is 2. The van der Waals surface area contributed by atoms with Gasteiger partial charge in [-0.1, -0.05) is 144 Å². The molecule has 5 aromatic carbocycles. The van der Waals surface area contributed by atoms with Crippen molar-refractivity contribution in [3.05, 3.63) is 137 Å². The van der Waals surface area contributed by atoms with Crippen molar-refractivity contribution in [3.8, 4) is 11.1 Å². The first-order chi connectivity index (χ1) is 26.3. The first-order valence-electron chi connectivity index (χ1n) is 20.9. The molecular weight excluding hydrogens is 681 g/mol. The van der Waals surface area contributed by atoms with E-state index in [1.54, 1.807) is 0 Å². The van der Waals surface area contributed by atoms with Crippen molar-refractivity contribution >= 4 is 39.4 Å². The zero-order chi connectivity index (χ0) is 40.4. The Labute approximate surface area is 337 Å². The van der Waals surface area contributed by atoms with E-state index in [0.717, 1.165) is 34.5 Å². The predicted octanol–water partition coefficient (Wildman–Crippen LogP) is 16.0. The van der Waals surface area contributed by atoms with E-state index in [4.69, 9.17) is 4.42 Å². The summed E-state index contributed by atoms with van der Waals surface area (Å²) < 4.78 is 6.52. The molecule has 0 amide bonds. The van der Waals surface area contributed by atoms with Crippen LogP contribution in [0.25, 0.3) is 22.1 Å². The van der Waals surface area contributed by atoms with E-state index in [-0.39, 0.29) is 21.8 Å². The Bertz CT molecular complexity index is 2360. The summed E-state index contributed by atoms with van der Waals surface area (Å²) in [7, 11) is 0. The molecule has 3 nitrogen and oxygen atoms in total. The number of furan rings is 1. The van der Waals surface area contributed by atoms with Gasteiger partial charge in [-0.2, -0.15) is 0 Å². The minimum atomic E-state index is -0.0833. The molecular formula is C53H64N2O. The topological polar surface area (TPSA) is 19.6 Å². The van der Waals surface area contributed by atoms with Crippen molar-refractivity contribution < 1.29 is 4.42 Å². The Morgan fingerprint density at radius 1 is 0.696 bits per heavy atom. The van der Waals surface area contributed by atoms with Crippen molar-refractivity contribution in [3.63, 3.8) is 0 Å². The van der Waals surface area contributed by atoms with Crippen LogP contribution in [0.5, 0.6) is 0 Å². The van der Waals surface area contributed by atoms with E-state index in [0.29, 0.717) is 5.92 Å². The SMILES string of the molecule is CCCCC1(C)C(C)c2cc(C(C)(C)C)ccc2N1c1cc(C)cc(N(c2ccc(C(C)(C)C)cc2-c2ccccc2)c2coc3cc(C(C)(C)C)ccc23)c1. The number of unbranched alkanes of at least 4 members (excludes halogenated alkanes) is 1. The summed E-state index contributed by atoms with van der Waals surface area (Å²) in [5.41, 5.74) is 15.8. The summed E-state index contributed by atoms with van der Waals surface area (Å²) in [6.45, 7) is 30.2. The number of hydrogen-bond donors (Lipinski definition) is 0. The number of aryl methyl sites for hydroxylation is 1. The lowest BCUT2D eigenvalue weighted by atomic mass is 9.79. The smallest absolute Gasteiger partial charge is 0.136 e. The van der Waals surface area contributed by atoms with Crippen LogP contribution in [0.4, 0.5) is 28.4 Å². The van der Waals surface area contributed by atoms with E-state index in [2.05, 4.69) is 203 Å². The van der Waals surface area contributed by atoms with Crippen LogP contribution >= 0.6 is 0 Å². The molecule has 0 bridgehead atoms. The van der Waals surface area contributed by atoms with Crippen molar-refractivity contribution in [1.29, 1.82) is 0 Å². The minimum absolute atomic E-state index is 0.00920. The maximum absolute atomic E-state index is 6.52. The standard InChI is InChI=1S/C53H64N2O/c1-14-15-27-53(13)36(3)44-30-38(50(4,5)6)23-26-47(44)55(53)42-29-35(2)28-41(33-42)54(48-34-56-49-32-40(52(10,11)12)21-24-43(48)49)46-25-22-39(51(7,8)9)31-45(46)37-19-17-16-18-20-37/h16-26,28-34,36H,14-15,27H2,1-13H3. The Hall–Kier alpha value is -4.76. The molecule has 292 valence electrons. The van der Waals surface area contributed by atoms with E-state index in [9.17, 15) is 0 Å². The average molecular weight is 745 g/mol. The molecule has 0 fully saturated rings. The molecule has 2 unspecified atom stereocenters. The van der Waals surface area contributed by atoms with Crippen LogP contribution in [-0.4, -0.2) is 5.54 Å². The van der Waals surface area contributed by atoms with Crippen molar-refractivity contribution in [2.24, 2.45) is 0 Å². The molecule has 2 atom stereocenters. The summed E-state index contributed by atoms with van der Waals surface area (Å²) in [6.07, 6.45) is 5.44. The molecule has 56 heavy (non-hydrogen) atoms. The van der Waals surface area contributed by atoms with Gasteiger partial charge in [-0.3, -0.25) is 0 Å². The molecule has 0 saturated heterocycles. The molecule has 1 aliphatic rings. The molecule has 6 aromatic rings. The van der Waals surface area contributed by atoms with Gasteiger partial charge in [0.05, 0.1) is 11.4 Å². The monoisotopic (exact) mass is 745 g/mol. The Morgan fingerprint density at radius 3 is 1.98 bits per heavy atom. The number of rotatable bonds is 8. The Kier molecular flexibility index (Phi) is 10.1. The summed E-state index contributed by atoms with van der Waals surface area (Å²) >= 11 is 0. The van der Waals surface area contributed by atoms with Gasteiger partial charge in [0.15, 0.2) is 0 Å². The van der Waals surface area contributed by atoms with Gasteiger partial charge in [0.25, 0.3) is 0 Å². The maximum atomic E-state index is 6.52. The summed E-state index contributed by atoms with van der Waals surface area (Å²) in [4.78, 5) is 5.15. The van der Waals surface area contributed by atoms with Gasteiger partial charge in [-0.15, -0.1) is 0 Å². The third kappa shape index (κ3) is 7.19. The number of benzene rings is 5. The second-order valence-corrected chi connectivity index (χ2v) is 19.8. The van der Waals surface area contributed by atoms with Gasteiger partial charge in [0.2, 0.25) is 0 Å². The zero-order valence-corrected chi connectivity index (χ0v) is 36.4. The highest BCUT2D eigenvalue weighted by Crippen LogP contribution is 2.55. The Morgan fingerprint density at radius 2 is 1.32 bits per heavy atom. The van der Waals surface area contributed by atoms with Crippen LogP contribution in [-0.2, 0) is 16.2 Å². The first-order valence-corrected chi connectivity index (χ1v) is 20.9. The fourth-order valence-corrected chi connectivity index (χ4v) is 8.78. The van der Waals surface area contributed by atoms with Gasteiger partial charge in [0.1, 0.15) is 11.8 Å². The van der Waals surface area contributed by atoms with Gasteiger partial charge >= 0.3 is 0 Å². The summed E-state index contributed by atoms with van der Waals surface area (Å²) in [6, 6.07) is 39.1. The molecule has 0 spiro atoms. The van der Waals surface area contributed by atoms with E-state index in [1.165, 1.54) is 63.2 Å². The summed E-state index contributed by atoms with van der Waals surface area (Å²) in [5, 5.41) is 1.10. The van der Waals surface area contributed by atoms with Crippen LogP contribution < -0.4 is 9.80 Å². The number of hydrogen-bond acceptors (Lipinski definition) is 3. The molecule has 1 aliphatic heterocycles. The van der Waals surface area contributed by atoms with E-state index in [1.807, 2.05) is 6.26 Å². The predicted molar refractivity (Wildman–Crippen MR) is 242 cm³/mol. The number of fused-ring (bicyclic) bond motifs is 2. The second-order valence-electron chi connectivity index (χ2n) is 19.8. The molecule has 0 N–H and O–H groups in total. The van der Waals surface area contributed by atoms with Crippen LogP contribution in [0.2, 0.25) is 0 Å². The molecule has 0 saturated carbocycles. The largest absolute Gasteiger partial charge is 0.462 e. The van der Waals surface area contributed by atoms with Crippen LogP contribution in [0.15, 0.2) is 114 Å². The lowest BCUT2D eigenvalue weighted by Crippen LogP contribution is -2.42. The van der Waals surface area contributed by atoms with E-state index >= 15 is 0 Å². The summed E-state index contributed by atoms with van der Waals surface area (Å²) in [5.74, 6) is 0.371. The molecule has 3 heteroatoms. The first kappa shape index (κ1) is 39.5. The zero-order valence-electron chi connectivity index (χ0n) is 36.4.